The van der Waals surface area contributed by atoms with E-state index < -0.39 is 14.6 Å². The number of para-hydroxylation sites is 1. The van der Waals surface area contributed by atoms with E-state index in [0.29, 0.717) is 25.6 Å². The Labute approximate surface area is 156 Å². The van der Waals surface area contributed by atoms with Crippen molar-refractivity contribution in [3.05, 3.63) is 42.1 Å². The second-order valence-electron chi connectivity index (χ2n) is 7.04. The van der Waals surface area contributed by atoms with Crippen molar-refractivity contribution in [2.75, 3.05) is 18.8 Å². The maximum atomic E-state index is 12.2. The molecular weight excluding hydrogens is 348 g/mol. The van der Waals surface area contributed by atoms with Crippen LogP contribution in [0.1, 0.15) is 33.3 Å². The summed E-state index contributed by atoms with van der Waals surface area (Å²) in [4.78, 5) is 8.95. The summed E-state index contributed by atoms with van der Waals surface area (Å²) in [5.74, 6) is 0.677. The van der Waals surface area contributed by atoms with Crippen LogP contribution in [0.25, 0.3) is 10.9 Å². The molecule has 1 aromatic heterocycles. The average molecular weight is 377 g/mol. The van der Waals surface area contributed by atoms with Crippen LogP contribution < -0.4 is 10.6 Å². The van der Waals surface area contributed by atoms with Crippen LogP contribution >= 0.6 is 0 Å². The SMILES string of the molecule is CCNC(=NCc1ccnc2ccccc12)NCCS(=O)(=O)C(C)(C)C. The molecule has 26 heavy (non-hydrogen) atoms. The van der Waals surface area contributed by atoms with Gasteiger partial charge in [0.1, 0.15) is 0 Å². The predicted molar refractivity (Wildman–Crippen MR) is 108 cm³/mol. The molecule has 0 aliphatic rings. The Morgan fingerprint density at radius 1 is 1.15 bits per heavy atom. The lowest BCUT2D eigenvalue weighted by molar-refractivity contribution is 0.559. The molecule has 0 spiro atoms. The van der Waals surface area contributed by atoms with E-state index in [0.717, 1.165) is 16.5 Å². The monoisotopic (exact) mass is 376 g/mol. The molecule has 0 unspecified atom stereocenters. The van der Waals surface area contributed by atoms with Crippen molar-refractivity contribution in [2.24, 2.45) is 4.99 Å². The highest BCUT2D eigenvalue weighted by Crippen LogP contribution is 2.17. The number of nitrogens with one attached hydrogen (secondary N) is 2. The van der Waals surface area contributed by atoms with Crippen LogP contribution in [0.4, 0.5) is 0 Å². The number of aliphatic imine (C=N–C) groups is 1. The molecule has 2 rings (SSSR count). The maximum Gasteiger partial charge on any atom is 0.191 e. The predicted octanol–water partition coefficient (Wildman–Crippen LogP) is 2.50. The van der Waals surface area contributed by atoms with Gasteiger partial charge >= 0.3 is 0 Å². The first kappa shape index (κ1) is 20.2. The molecule has 1 heterocycles. The number of rotatable bonds is 6. The van der Waals surface area contributed by atoms with E-state index in [1.165, 1.54) is 0 Å². The quantitative estimate of drug-likeness (QED) is 0.598. The zero-order valence-corrected chi connectivity index (χ0v) is 16.7. The van der Waals surface area contributed by atoms with E-state index in [4.69, 9.17) is 0 Å². The second-order valence-corrected chi connectivity index (χ2v) is 9.90. The van der Waals surface area contributed by atoms with Gasteiger partial charge < -0.3 is 10.6 Å². The third kappa shape index (κ3) is 5.17. The molecule has 0 fully saturated rings. The first-order chi connectivity index (χ1) is 12.2. The highest BCUT2D eigenvalue weighted by Gasteiger charge is 2.28. The number of sulfone groups is 1. The number of hydrogen-bond acceptors (Lipinski definition) is 4. The number of guanidine groups is 1. The Morgan fingerprint density at radius 2 is 1.88 bits per heavy atom. The lowest BCUT2D eigenvalue weighted by Crippen LogP contribution is -2.41. The third-order valence-electron chi connectivity index (χ3n) is 4.09. The zero-order valence-electron chi connectivity index (χ0n) is 15.9. The van der Waals surface area contributed by atoms with Crippen LogP contribution in [0.2, 0.25) is 0 Å². The molecule has 0 aliphatic heterocycles. The molecule has 0 saturated heterocycles. The van der Waals surface area contributed by atoms with E-state index in [1.54, 1.807) is 27.0 Å². The fourth-order valence-corrected chi connectivity index (χ4v) is 3.39. The van der Waals surface area contributed by atoms with Crippen LogP contribution in [0.15, 0.2) is 41.5 Å². The fourth-order valence-electron chi connectivity index (χ4n) is 2.41. The van der Waals surface area contributed by atoms with E-state index >= 15 is 0 Å². The molecular formula is C19H28N4O2S. The highest BCUT2D eigenvalue weighted by molar-refractivity contribution is 7.92. The van der Waals surface area contributed by atoms with Crippen LogP contribution in [-0.2, 0) is 16.4 Å². The molecule has 7 heteroatoms. The molecule has 142 valence electrons. The van der Waals surface area contributed by atoms with Crippen molar-refractivity contribution in [1.29, 1.82) is 0 Å². The van der Waals surface area contributed by atoms with E-state index in [-0.39, 0.29) is 5.75 Å². The Hall–Kier alpha value is -2.15. The molecule has 0 bridgehead atoms. The second kappa shape index (κ2) is 8.49. The van der Waals surface area contributed by atoms with Crippen LogP contribution in [0.3, 0.4) is 0 Å². The van der Waals surface area contributed by atoms with Crippen molar-refractivity contribution >= 4 is 26.7 Å². The lowest BCUT2D eigenvalue weighted by atomic mass is 10.1. The van der Waals surface area contributed by atoms with Crippen molar-refractivity contribution < 1.29 is 8.42 Å². The van der Waals surface area contributed by atoms with E-state index in [9.17, 15) is 8.42 Å². The number of benzene rings is 1. The molecule has 0 radical (unpaired) electrons. The molecule has 0 aliphatic carbocycles. The number of fused-ring (bicyclic) bond motifs is 1. The largest absolute Gasteiger partial charge is 0.357 e. The Kier molecular flexibility index (Phi) is 6.58. The van der Waals surface area contributed by atoms with Gasteiger partial charge in [0.15, 0.2) is 15.8 Å². The minimum atomic E-state index is -3.16. The Balaban J connectivity index is 2.07. The summed E-state index contributed by atoms with van der Waals surface area (Å²) in [6.07, 6.45) is 1.78. The number of nitrogens with zero attached hydrogens (tertiary/aromatic N) is 2. The van der Waals surface area contributed by atoms with E-state index in [2.05, 4.69) is 20.6 Å². The van der Waals surface area contributed by atoms with Crippen LogP contribution in [0, 0.1) is 0 Å². The summed E-state index contributed by atoms with van der Waals surface area (Å²) in [6, 6.07) is 9.91. The molecule has 0 saturated carbocycles. The minimum absolute atomic E-state index is 0.0686. The fraction of sp³-hybridized carbons (Fsp3) is 0.474. The summed E-state index contributed by atoms with van der Waals surface area (Å²) in [5.41, 5.74) is 2.02. The number of pyridine rings is 1. The minimum Gasteiger partial charge on any atom is -0.357 e. The molecule has 0 atom stereocenters. The first-order valence-electron chi connectivity index (χ1n) is 8.81. The molecule has 6 nitrogen and oxygen atoms in total. The topological polar surface area (TPSA) is 83.4 Å². The molecule has 0 amide bonds. The van der Waals surface area contributed by atoms with Gasteiger partial charge in [-0.3, -0.25) is 4.98 Å². The Bertz CT molecular complexity index is 865. The normalized spacial score (nSPS) is 13.0. The maximum absolute atomic E-state index is 12.2. The van der Waals surface area contributed by atoms with Gasteiger partial charge in [0, 0.05) is 24.7 Å². The number of hydrogen-bond donors (Lipinski definition) is 2. The standard InChI is InChI=1S/C19H28N4O2S/c1-5-20-18(22-12-13-26(24,25)19(2,3)4)23-14-15-10-11-21-17-9-7-6-8-16(15)17/h6-11H,5,12-14H2,1-4H3,(H2,20,22,23). The molecule has 2 aromatic rings. The van der Waals surface area contributed by atoms with Crippen molar-refractivity contribution in [3.8, 4) is 0 Å². The van der Waals surface area contributed by atoms with Gasteiger partial charge in [-0.25, -0.2) is 13.4 Å². The Morgan fingerprint density at radius 3 is 2.58 bits per heavy atom. The average Bonchev–Trinajstić information content (AvgIpc) is 2.58. The van der Waals surface area contributed by atoms with Gasteiger partial charge in [-0.05, 0) is 45.4 Å². The summed E-state index contributed by atoms with van der Waals surface area (Å²) in [7, 11) is -3.16. The van der Waals surface area contributed by atoms with Gasteiger partial charge in [-0.15, -0.1) is 0 Å². The van der Waals surface area contributed by atoms with Gasteiger partial charge in [-0.1, -0.05) is 18.2 Å². The van der Waals surface area contributed by atoms with Crippen LogP contribution in [0.5, 0.6) is 0 Å². The summed E-state index contributed by atoms with van der Waals surface area (Å²) in [5, 5.41) is 7.34. The summed E-state index contributed by atoms with van der Waals surface area (Å²) < 4.78 is 23.7. The third-order valence-corrected chi connectivity index (χ3v) is 6.69. The van der Waals surface area contributed by atoms with Gasteiger partial charge in [-0.2, -0.15) is 0 Å². The van der Waals surface area contributed by atoms with Crippen molar-refractivity contribution in [1.82, 2.24) is 15.6 Å². The first-order valence-corrected chi connectivity index (χ1v) is 10.5. The summed E-state index contributed by atoms with van der Waals surface area (Å²) >= 11 is 0. The van der Waals surface area contributed by atoms with E-state index in [1.807, 2.05) is 37.3 Å². The van der Waals surface area contributed by atoms with Gasteiger partial charge in [0.25, 0.3) is 0 Å². The van der Waals surface area contributed by atoms with Crippen molar-refractivity contribution in [3.63, 3.8) is 0 Å². The lowest BCUT2D eigenvalue weighted by Gasteiger charge is -2.19. The van der Waals surface area contributed by atoms with Crippen LogP contribution in [-0.4, -0.2) is 43.0 Å². The smallest absolute Gasteiger partial charge is 0.191 e. The number of aromatic nitrogens is 1. The van der Waals surface area contributed by atoms with Crippen molar-refractivity contribution in [2.45, 2.75) is 39.0 Å². The highest BCUT2D eigenvalue weighted by atomic mass is 32.2. The molecule has 1 aromatic carbocycles. The zero-order chi connectivity index (χ0) is 19.2. The molecule has 2 N–H and O–H groups in total. The summed E-state index contributed by atoms with van der Waals surface area (Å²) in [6.45, 7) is 8.65. The van der Waals surface area contributed by atoms with Gasteiger partial charge in [0.2, 0.25) is 0 Å². The van der Waals surface area contributed by atoms with Gasteiger partial charge in [0.05, 0.1) is 22.6 Å².